The van der Waals surface area contributed by atoms with Crippen molar-refractivity contribution < 1.29 is 27.7 Å². The van der Waals surface area contributed by atoms with E-state index in [0.717, 1.165) is 5.56 Å². The normalized spacial score (nSPS) is 16.3. The van der Waals surface area contributed by atoms with E-state index in [-0.39, 0.29) is 31.4 Å². The Hall–Kier alpha value is -3.90. The van der Waals surface area contributed by atoms with Gasteiger partial charge in [-0.3, -0.25) is 14.3 Å². The number of carbonyl (C=O) groups is 2. The summed E-state index contributed by atoms with van der Waals surface area (Å²) in [6.07, 6.45) is 4.57. The number of aromatic nitrogens is 5. The second-order valence-electron chi connectivity index (χ2n) is 8.65. The SMILES string of the molecule is CCc1nonc1C(=O)N[C@H](C(=O)Nc1cnn(Cc2cccnc2OC)c1)C1CCC(F)(F)CC1. The van der Waals surface area contributed by atoms with Crippen LogP contribution < -0.4 is 15.4 Å². The van der Waals surface area contributed by atoms with E-state index in [2.05, 4.69) is 35.7 Å². The molecule has 36 heavy (non-hydrogen) atoms. The van der Waals surface area contributed by atoms with Crippen LogP contribution >= 0.6 is 0 Å². The summed E-state index contributed by atoms with van der Waals surface area (Å²) in [5.41, 5.74) is 1.49. The first kappa shape index (κ1) is 25.2. The Balaban J connectivity index is 1.48. The first-order valence-electron chi connectivity index (χ1n) is 11.6. The molecule has 1 aliphatic carbocycles. The van der Waals surface area contributed by atoms with Crippen LogP contribution in [-0.4, -0.2) is 56.0 Å². The topological polar surface area (TPSA) is 137 Å². The number of nitrogens with one attached hydrogen (secondary N) is 2. The number of methoxy groups -OCH3 is 1. The molecule has 1 saturated carbocycles. The Morgan fingerprint density at radius 1 is 1.31 bits per heavy atom. The number of amides is 2. The summed E-state index contributed by atoms with van der Waals surface area (Å²) in [5.74, 6) is -3.98. The first-order chi connectivity index (χ1) is 17.3. The van der Waals surface area contributed by atoms with Crippen LogP contribution in [0.25, 0.3) is 0 Å². The molecule has 1 atom stereocenters. The Morgan fingerprint density at radius 3 is 2.81 bits per heavy atom. The van der Waals surface area contributed by atoms with E-state index in [1.807, 2.05) is 6.07 Å². The predicted molar refractivity (Wildman–Crippen MR) is 123 cm³/mol. The molecule has 0 spiro atoms. The lowest BCUT2D eigenvalue weighted by molar-refractivity contribution is -0.121. The van der Waals surface area contributed by atoms with Crippen LogP contribution in [0.4, 0.5) is 14.5 Å². The van der Waals surface area contributed by atoms with Gasteiger partial charge in [0, 0.05) is 30.8 Å². The smallest absolute Gasteiger partial charge is 0.276 e. The quantitative estimate of drug-likeness (QED) is 0.455. The molecule has 0 aliphatic heterocycles. The van der Waals surface area contributed by atoms with E-state index in [1.54, 1.807) is 30.1 Å². The zero-order chi connectivity index (χ0) is 25.7. The fraction of sp³-hybridized carbons (Fsp3) is 0.478. The van der Waals surface area contributed by atoms with Crippen molar-refractivity contribution in [1.29, 1.82) is 0 Å². The molecule has 192 valence electrons. The molecule has 4 rings (SSSR count). The Morgan fingerprint density at radius 2 is 2.08 bits per heavy atom. The molecule has 1 fully saturated rings. The number of alkyl halides is 2. The summed E-state index contributed by atoms with van der Waals surface area (Å²) in [7, 11) is 1.52. The summed E-state index contributed by atoms with van der Waals surface area (Å²) < 4.78 is 39.0. The zero-order valence-corrected chi connectivity index (χ0v) is 19.9. The second kappa shape index (κ2) is 10.8. The molecular weight excluding hydrogens is 476 g/mol. The Labute approximate surface area is 205 Å². The van der Waals surface area contributed by atoms with Gasteiger partial charge in [0.05, 0.1) is 25.5 Å². The van der Waals surface area contributed by atoms with E-state index >= 15 is 0 Å². The average Bonchev–Trinajstić information content (AvgIpc) is 3.52. The van der Waals surface area contributed by atoms with E-state index < -0.39 is 29.7 Å². The van der Waals surface area contributed by atoms with Crippen LogP contribution in [-0.2, 0) is 17.8 Å². The number of hydrogen-bond acceptors (Lipinski definition) is 8. The first-order valence-corrected chi connectivity index (χ1v) is 11.6. The average molecular weight is 504 g/mol. The number of anilines is 1. The highest BCUT2D eigenvalue weighted by molar-refractivity contribution is 6.00. The molecule has 2 N–H and O–H groups in total. The van der Waals surface area contributed by atoms with Gasteiger partial charge in [-0.25, -0.2) is 18.4 Å². The van der Waals surface area contributed by atoms with Crippen LogP contribution in [0.2, 0.25) is 0 Å². The maximum Gasteiger partial charge on any atom is 0.276 e. The molecule has 0 aromatic carbocycles. The molecule has 1 aliphatic rings. The van der Waals surface area contributed by atoms with Crippen molar-refractivity contribution in [3.63, 3.8) is 0 Å². The van der Waals surface area contributed by atoms with Crippen LogP contribution in [0.15, 0.2) is 35.4 Å². The third kappa shape index (κ3) is 5.83. The summed E-state index contributed by atoms with van der Waals surface area (Å²) in [4.78, 5) is 30.3. The predicted octanol–water partition coefficient (Wildman–Crippen LogP) is 2.84. The van der Waals surface area contributed by atoms with Gasteiger partial charge in [0.1, 0.15) is 11.7 Å². The summed E-state index contributed by atoms with van der Waals surface area (Å²) >= 11 is 0. The summed E-state index contributed by atoms with van der Waals surface area (Å²) in [6, 6.07) is 2.57. The van der Waals surface area contributed by atoms with Crippen LogP contribution in [0.5, 0.6) is 5.88 Å². The van der Waals surface area contributed by atoms with Crippen molar-refractivity contribution in [3.8, 4) is 5.88 Å². The number of nitrogens with zero attached hydrogens (tertiary/aromatic N) is 5. The molecule has 3 aromatic rings. The van der Waals surface area contributed by atoms with Crippen LogP contribution in [0.1, 0.15) is 54.4 Å². The van der Waals surface area contributed by atoms with E-state index in [1.165, 1.54) is 13.3 Å². The number of rotatable bonds is 9. The summed E-state index contributed by atoms with van der Waals surface area (Å²) in [6.45, 7) is 2.13. The fourth-order valence-electron chi connectivity index (χ4n) is 4.25. The monoisotopic (exact) mass is 503 g/mol. The molecule has 0 radical (unpaired) electrons. The molecule has 0 unspecified atom stereocenters. The Kier molecular flexibility index (Phi) is 7.55. The molecule has 11 nitrogen and oxygen atoms in total. The number of ether oxygens (including phenoxy) is 1. The molecule has 13 heteroatoms. The molecule has 0 bridgehead atoms. The number of aryl methyl sites for hydroxylation is 1. The number of hydrogen-bond donors (Lipinski definition) is 2. The fourth-order valence-corrected chi connectivity index (χ4v) is 4.25. The third-order valence-corrected chi connectivity index (χ3v) is 6.19. The van der Waals surface area contributed by atoms with Crippen molar-refractivity contribution in [2.75, 3.05) is 12.4 Å². The molecule has 0 saturated heterocycles. The highest BCUT2D eigenvalue weighted by atomic mass is 19.3. The van der Waals surface area contributed by atoms with Gasteiger partial charge in [0.2, 0.25) is 17.7 Å². The number of halogens is 2. The third-order valence-electron chi connectivity index (χ3n) is 6.19. The highest BCUT2D eigenvalue weighted by Crippen LogP contribution is 2.37. The van der Waals surface area contributed by atoms with Gasteiger partial charge >= 0.3 is 0 Å². The largest absolute Gasteiger partial charge is 0.481 e. The van der Waals surface area contributed by atoms with Crippen LogP contribution in [0, 0.1) is 5.92 Å². The number of carbonyl (C=O) groups excluding carboxylic acids is 2. The molecular formula is C23H27F2N7O4. The lowest BCUT2D eigenvalue weighted by Crippen LogP contribution is -2.50. The van der Waals surface area contributed by atoms with Crippen molar-refractivity contribution in [3.05, 3.63) is 47.7 Å². The van der Waals surface area contributed by atoms with E-state index in [0.29, 0.717) is 30.2 Å². The van der Waals surface area contributed by atoms with E-state index in [9.17, 15) is 18.4 Å². The van der Waals surface area contributed by atoms with Gasteiger partial charge in [0.25, 0.3) is 5.91 Å². The lowest BCUT2D eigenvalue weighted by atomic mass is 9.81. The minimum Gasteiger partial charge on any atom is -0.481 e. The number of pyridine rings is 1. The van der Waals surface area contributed by atoms with Gasteiger partial charge in [-0.1, -0.05) is 18.1 Å². The second-order valence-corrected chi connectivity index (χ2v) is 8.65. The molecule has 3 aromatic heterocycles. The van der Waals surface area contributed by atoms with Crippen molar-refractivity contribution >= 4 is 17.5 Å². The van der Waals surface area contributed by atoms with Crippen LogP contribution in [0.3, 0.4) is 0 Å². The maximum atomic E-state index is 13.8. The standard InChI is InChI=1S/C23H27F2N7O4/c1-3-17-19(31-36-30-17)21(34)29-18(14-6-8-23(24,25)9-7-14)20(33)28-16-11-27-32(13-16)12-15-5-4-10-26-22(15)35-2/h4-5,10-11,13-14,18H,3,6-9,12H2,1-2H3,(H,28,33)(H,29,34)/t18-/m0/s1. The highest BCUT2D eigenvalue weighted by Gasteiger charge is 2.40. The van der Waals surface area contributed by atoms with Gasteiger partial charge < -0.3 is 15.4 Å². The van der Waals surface area contributed by atoms with Gasteiger partial charge in [-0.2, -0.15) is 5.10 Å². The minimum absolute atomic E-state index is 0.0327. The van der Waals surface area contributed by atoms with Gasteiger partial charge in [-0.15, -0.1) is 0 Å². The van der Waals surface area contributed by atoms with Gasteiger partial charge in [-0.05, 0) is 36.4 Å². The minimum atomic E-state index is -2.78. The molecule has 2 amide bonds. The summed E-state index contributed by atoms with van der Waals surface area (Å²) in [5, 5.41) is 17.0. The van der Waals surface area contributed by atoms with Crippen molar-refractivity contribution in [1.82, 2.24) is 30.4 Å². The van der Waals surface area contributed by atoms with Gasteiger partial charge in [0.15, 0.2) is 5.69 Å². The zero-order valence-electron chi connectivity index (χ0n) is 19.9. The maximum absolute atomic E-state index is 13.8. The Bertz CT molecular complexity index is 1200. The van der Waals surface area contributed by atoms with E-state index in [4.69, 9.17) is 4.74 Å². The lowest BCUT2D eigenvalue weighted by Gasteiger charge is -2.33. The molecule has 3 heterocycles. The van der Waals surface area contributed by atoms with Crippen molar-refractivity contribution in [2.45, 2.75) is 57.5 Å². The van der Waals surface area contributed by atoms with Crippen molar-refractivity contribution in [2.24, 2.45) is 5.92 Å².